The summed E-state index contributed by atoms with van der Waals surface area (Å²) in [6, 6.07) is 11.6. The lowest BCUT2D eigenvalue weighted by atomic mass is 9.94. The Bertz CT molecular complexity index is 616. The van der Waals surface area contributed by atoms with Gasteiger partial charge in [-0.15, -0.1) is 0 Å². The summed E-state index contributed by atoms with van der Waals surface area (Å²) in [7, 11) is 1.50. The molecular formula is C16H16O3. The number of carboxylic acid groups (broad SMARTS) is 1. The Hall–Kier alpha value is -2.29. The van der Waals surface area contributed by atoms with Gasteiger partial charge in [0.15, 0.2) is 0 Å². The van der Waals surface area contributed by atoms with E-state index in [1.165, 1.54) is 7.11 Å². The average molecular weight is 256 g/mol. The fraction of sp³-hybridized carbons (Fsp3) is 0.188. The zero-order valence-corrected chi connectivity index (χ0v) is 11.2. The van der Waals surface area contributed by atoms with Crippen LogP contribution in [0.25, 0.3) is 11.1 Å². The molecule has 2 rings (SSSR count). The summed E-state index contributed by atoms with van der Waals surface area (Å²) < 4.78 is 5.35. The summed E-state index contributed by atoms with van der Waals surface area (Å²) in [6.07, 6.45) is 0. The second-order valence-electron chi connectivity index (χ2n) is 4.45. The summed E-state index contributed by atoms with van der Waals surface area (Å²) in [6.45, 7) is 3.71. The van der Waals surface area contributed by atoms with Crippen molar-refractivity contribution in [2.45, 2.75) is 13.8 Å². The molecule has 19 heavy (non-hydrogen) atoms. The van der Waals surface area contributed by atoms with Crippen LogP contribution in [0.4, 0.5) is 0 Å². The van der Waals surface area contributed by atoms with Crippen LogP contribution >= 0.6 is 0 Å². The molecule has 3 nitrogen and oxygen atoms in total. The van der Waals surface area contributed by atoms with Gasteiger partial charge in [-0.1, -0.05) is 30.3 Å². The number of hydrogen-bond acceptors (Lipinski definition) is 2. The van der Waals surface area contributed by atoms with Crippen molar-refractivity contribution in [3.8, 4) is 16.9 Å². The zero-order valence-electron chi connectivity index (χ0n) is 11.2. The highest BCUT2D eigenvalue weighted by atomic mass is 16.5. The third kappa shape index (κ3) is 2.32. The Morgan fingerprint density at radius 1 is 1.16 bits per heavy atom. The summed E-state index contributed by atoms with van der Waals surface area (Å²) >= 11 is 0. The highest BCUT2D eigenvalue weighted by Crippen LogP contribution is 2.36. The third-order valence-electron chi connectivity index (χ3n) is 3.30. The fourth-order valence-electron chi connectivity index (χ4n) is 2.19. The molecule has 0 heterocycles. The number of aromatic carboxylic acids is 1. The molecule has 1 N–H and O–H groups in total. The number of benzene rings is 2. The first-order valence-electron chi connectivity index (χ1n) is 6.03. The average Bonchev–Trinajstić information content (AvgIpc) is 2.41. The highest BCUT2D eigenvalue weighted by molar-refractivity contribution is 5.96. The SMILES string of the molecule is COc1c(-c2ccccc2)cc(C)c(C)c1C(=O)O. The van der Waals surface area contributed by atoms with E-state index in [-0.39, 0.29) is 5.56 Å². The van der Waals surface area contributed by atoms with E-state index in [4.69, 9.17) is 4.74 Å². The summed E-state index contributed by atoms with van der Waals surface area (Å²) in [4.78, 5) is 11.5. The molecule has 0 atom stereocenters. The summed E-state index contributed by atoms with van der Waals surface area (Å²) in [5.74, 6) is -0.544. The second-order valence-corrected chi connectivity index (χ2v) is 4.45. The van der Waals surface area contributed by atoms with E-state index in [1.807, 2.05) is 43.3 Å². The minimum Gasteiger partial charge on any atom is -0.495 e. The van der Waals surface area contributed by atoms with Crippen molar-refractivity contribution in [3.63, 3.8) is 0 Å². The molecule has 3 heteroatoms. The van der Waals surface area contributed by atoms with Crippen LogP contribution in [0, 0.1) is 13.8 Å². The Kier molecular flexibility index (Phi) is 3.56. The van der Waals surface area contributed by atoms with Crippen LogP contribution in [0.1, 0.15) is 21.5 Å². The van der Waals surface area contributed by atoms with Gasteiger partial charge in [0, 0.05) is 5.56 Å². The molecule has 2 aromatic carbocycles. The van der Waals surface area contributed by atoms with Crippen molar-refractivity contribution in [2.75, 3.05) is 7.11 Å². The molecule has 0 fully saturated rings. The van der Waals surface area contributed by atoms with Gasteiger partial charge in [-0.2, -0.15) is 0 Å². The lowest BCUT2D eigenvalue weighted by Gasteiger charge is -2.16. The van der Waals surface area contributed by atoms with E-state index in [2.05, 4.69) is 0 Å². The Labute approximate surface area is 112 Å². The molecular weight excluding hydrogens is 240 g/mol. The molecule has 0 radical (unpaired) electrons. The van der Waals surface area contributed by atoms with E-state index in [1.54, 1.807) is 6.92 Å². The van der Waals surface area contributed by atoms with Crippen LogP contribution in [0.5, 0.6) is 5.75 Å². The number of methoxy groups -OCH3 is 1. The summed E-state index contributed by atoms with van der Waals surface area (Å²) in [5.41, 5.74) is 3.68. The van der Waals surface area contributed by atoms with Crippen LogP contribution in [-0.4, -0.2) is 18.2 Å². The molecule has 0 bridgehead atoms. The second kappa shape index (κ2) is 5.14. The monoisotopic (exact) mass is 256 g/mol. The van der Waals surface area contributed by atoms with Crippen molar-refractivity contribution >= 4 is 5.97 Å². The van der Waals surface area contributed by atoms with Gasteiger partial charge in [0.05, 0.1) is 7.11 Å². The molecule has 0 aliphatic rings. The minimum atomic E-state index is -0.963. The number of aryl methyl sites for hydroxylation is 1. The van der Waals surface area contributed by atoms with Crippen LogP contribution in [0.3, 0.4) is 0 Å². The van der Waals surface area contributed by atoms with Crippen molar-refractivity contribution in [2.24, 2.45) is 0 Å². The Morgan fingerprint density at radius 2 is 1.79 bits per heavy atom. The molecule has 0 saturated carbocycles. The predicted molar refractivity (Wildman–Crippen MR) is 74.9 cm³/mol. The zero-order chi connectivity index (χ0) is 14.0. The molecule has 0 amide bonds. The Balaban J connectivity index is 2.79. The van der Waals surface area contributed by atoms with Crippen molar-refractivity contribution in [3.05, 3.63) is 53.1 Å². The molecule has 0 unspecified atom stereocenters. The number of ether oxygens (including phenoxy) is 1. The molecule has 0 aromatic heterocycles. The molecule has 2 aromatic rings. The van der Waals surface area contributed by atoms with Gasteiger partial charge in [-0.3, -0.25) is 0 Å². The van der Waals surface area contributed by atoms with E-state index in [9.17, 15) is 9.90 Å². The van der Waals surface area contributed by atoms with Crippen LogP contribution in [-0.2, 0) is 0 Å². The first-order valence-corrected chi connectivity index (χ1v) is 6.03. The van der Waals surface area contributed by atoms with Gasteiger partial charge in [0.1, 0.15) is 11.3 Å². The van der Waals surface area contributed by atoms with E-state index >= 15 is 0 Å². The van der Waals surface area contributed by atoms with Gasteiger partial charge in [-0.25, -0.2) is 4.79 Å². The molecule has 98 valence electrons. The fourth-order valence-corrected chi connectivity index (χ4v) is 2.19. The van der Waals surface area contributed by atoms with E-state index < -0.39 is 5.97 Å². The molecule has 0 aliphatic heterocycles. The molecule has 0 saturated heterocycles. The highest BCUT2D eigenvalue weighted by Gasteiger charge is 2.20. The topological polar surface area (TPSA) is 46.5 Å². The van der Waals surface area contributed by atoms with Crippen LogP contribution < -0.4 is 4.74 Å². The molecule has 0 spiro atoms. The minimum absolute atomic E-state index is 0.237. The van der Waals surface area contributed by atoms with Gasteiger partial charge < -0.3 is 9.84 Å². The lowest BCUT2D eigenvalue weighted by Crippen LogP contribution is -2.06. The van der Waals surface area contributed by atoms with Gasteiger partial charge in [0.25, 0.3) is 0 Å². The maximum absolute atomic E-state index is 11.5. The van der Waals surface area contributed by atoms with Gasteiger partial charge in [-0.05, 0) is 36.6 Å². The van der Waals surface area contributed by atoms with Gasteiger partial charge >= 0.3 is 5.97 Å². The van der Waals surface area contributed by atoms with Crippen molar-refractivity contribution < 1.29 is 14.6 Å². The normalized spacial score (nSPS) is 10.3. The maximum Gasteiger partial charge on any atom is 0.339 e. The van der Waals surface area contributed by atoms with Crippen molar-refractivity contribution in [1.29, 1.82) is 0 Å². The summed E-state index contributed by atoms with van der Waals surface area (Å²) in [5, 5.41) is 9.39. The van der Waals surface area contributed by atoms with Crippen LogP contribution in [0.2, 0.25) is 0 Å². The van der Waals surface area contributed by atoms with E-state index in [0.29, 0.717) is 5.75 Å². The number of rotatable bonds is 3. The largest absolute Gasteiger partial charge is 0.495 e. The van der Waals surface area contributed by atoms with Crippen molar-refractivity contribution in [1.82, 2.24) is 0 Å². The maximum atomic E-state index is 11.5. The van der Waals surface area contributed by atoms with Gasteiger partial charge in [0.2, 0.25) is 0 Å². The predicted octanol–water partition coefficient (Wildman–Crippen LogP) is 3.68. The first-order chi connectivity index (χ1) is 9.06. The lowest BCUT2D eigenvalue weighted by molar-refractivity contribution is 0.0692. The standard InChI is InChI=1S/C16H16O3/c1-10-9-13(12-7-5-4-6-8-12)15(19-3)14(11(10)2)16(17)18/h4-9H,1-3H3,(H,17,18). The number of carbonyl (C=O) groups is 1. The number of hydrogen-bond donors (Lipinski definition) is 1. The first kappa shape index (κ1) is 13.1. The molecule has 0 aliphatic carbocycles. The van der Waals surface area contributed by atoms with Crippen LogP contribution in [0.15, 0.2) is 36.4 Å². The van der Waals surface area contributed by atoms with E-state index in [0.717, 1.165) is 22.3 Å². The smallest absolute Gasteiger partial charge is 0.339 e. The third-order valence-corrected chi connectivity index (χ3v) is 3.30. The quantitative estimate of drug-likeness (QED) is 0.911. The Morgan fingerprint density at radius 3 is 2.32 bits per heavy atom. The number of carboxylic acids is 1.